The van der Waals surface area contributed by atoms with Gasteiger partial charge in [0.1, 0.15) is 11.5 Å². The number of nitrogens with one attached hydrogen (secondary N) is 1. The molecule has 1 aromatic carbocycles. The van der Waals surface area contributed by atoms with Crippen LogP contribution in [0.4, 0.5) is 15.8 Å². The number of nitro groups is 1. The Labute approximate surface area is 115 Å². The van der Waals surface area contributed by atoms with Crippen LogP contribution in [0.2, 0.25) is 0 Å². The van der Waals surface area contributed by atoms with Gasteiger partial charge in [-0.1, -0.05) is 0 Å². The molecule has 8 heteroatoms. The summed E-state index contributed by atoms with van der Waals surface area (Å²) in [5, 5.41) is 13.4. The van der Waals surface area contributed by atoms with Crippen molar-refractivity contribution in [2.24, 2.45) is 0 Å². The van der Waals surface area contributed by atoms with Crippen molar-refractivity contribution in [2.45, 2.75) is 12.2 Å². The standard InChI is InChI=1S/C10H12BrFN2O3S/c1-6(18(2)17)5-13-9-3-7(11)8(12)4-10(9)14(15)16/h3-4,6,13H,5H2,1-2H3. The van der Waals surface area contributed by atoms with Gasteiger partial charge in [-0.05, 0) is 28.9 Å². The number of nitro benzene ring substituents is 1. The Hall–Kier alpha value is -1.02. The third-order valence-electron chi connectivity index (χ3n) is 2.38. The number of hydrogen-bond acceptors (Lipinski definition) is 4. The quantitative estimate of drug-likeness (QED) is 0.661. The van der Waals surface area contributed by atoms with Crippen LogP contribution in [0.1, 0.15) is 6.92 Å². The van der Waals surface area contributed by atoms with Gasteiger partial charge in [0.15, 0.2) is 0 Å². The highest BCUT2D eigenvalue weighted by Gasteiger charge is 2.18. The smallest absolute Gasteiger partial charge is 0.295 e. The van der Waals surface area contributed by atoms with E-state index in [1.165, 1.54) is 6.07 Å². The fourth-order valence-corrected chi connectivity index (χ4v) is 1.86. The largest absolute Gasteiger partial charge is 0.378 e. The van der Waals surface area contributed by atoms with Crippen molar-refractivity contribution in [3.05, 3.63) is 32.5 Å². The highest BCUT2D eigenvalue weighted by atomic mass is 79.9. The molecule has 0 fully saturated rings. The van der Waals surface area contributed by atoms with E-state index in [-0.39, 0.29) is 21.1 Å². The highest BCUT2D eigenvalue weighted by Crippen LogP contribution is 2.30. The molecule has 0 spiro atoms. The monoisotopic (exact) mass is 338 g/mol. The molecule has 2 atom stereocenters. The summed E-state index contributed by atoms with van der Waals surface area (Å²) >= 11 is 2.97. The highest BCUT2D eigenvalue weighted by molar-refractivity contribution is 9.10. The first-order valence-corrected chi connectivity index (χ1v) is 7.44. The summed E-state index contributed by atoms with van der Waals surface area (Å²) in [6, 6.07) is 2.15. The minimum absolute atomic E-state index is 0.140. The van der Waals surface area contributed by atoms with Gasteiger partial charge in [-0.3, -0.25) is 14.3 Å². The summed E-state index contributed by atoms with van der Waals surface area (Å²) in [5.41, 5.74) is -0.143. The molecule has 100 valence electrons. The summed E-state index contributed by atoms with van der Waals surface area (Å²) in [7, 11) is -1.03. The van der Waals surface area contributed by atoms with Crippen LogP contribution in [-0.2, 0) is 10.8 Å². The van der Waals surface area contributed by atoms with Crippen molar-refractivity contribution in [1.29, 1.82) is 0 Å². The van der Waals surface area contributed by atoms with Crippen LogP contribution in [0.25, 0.3) is 0 Å². The first kappa shape index (κ1) is 15.0. The lowest BCUT2D eigenvalue weighted by Crippen LogP contribution is -2.21. The van der Waals surface area contributed by atoms with E-state index in [2.05, 4.69) is 21.2 Å². The number of nitrogens with zero attached hydrogens (tertiary/aromatic N) is 1. The van der Waals surface area contributed by atoms with E-state index in [4.69, 9.17) is 0 Å². The molecular weight excluding hydrogens is 327 g/mol. The van der Waals surface area contributed by atoms with Gasteiger partial charge in [0.2, 0.25) is 0 Å². The number of anilines is 1. The molecule has 1 N–H and O–H groups in total. The van der Waals surface area contributed by atoms with E-state index >= 15 is 0 Å². The van der Waals surface area contributed by atoms with Crippen LogP contribution in [-0.4, -0.2) is 27.2 Å². The van der Waals surface area contributed by atoms with Gasteiger partial charge in [-0.2, -0.15) is 0 Å². The molecule has 0 heterocycles. The number of hydrogen-bond donors (Lipinski definition) is 1. The molecule has 0 bridgehead atoms. The Morgan fingerprint density at radius 2 is 2.22 bits per heavy atom. The van der Waals surface area contributed by atoms with E-state index in [0.717, 1.165) is 6.07 Å². The second kappa shape index (κ2) is 6.24. The van der Waals surface area contributed by atoms with Crippen LogP contribution >= 0.6 is 15.9 Å². The van der Waals surface area contributed by atoms with Crippen LogP contribution < -0.4 is 5.32 Å². The zero-order valence-corrected chi connectivity index (χ0v) is 12.2. The normalized spacial score (nSPS) is 14.0. The summed E-state index contributed by atoms with van der Waals surface area (Å²) in [5.74, 6) is -0.695. The summed E-state index contributed by atoms with van der Waals surface area (Å²) in [6.07, 6.45) is 1.56. The van der Waals surface area contributed by atoms with Gasteiger partial charge in [-0.25, -0.2) is 4.39 Å². The third-order valence-corrected chi connectivity index (χ3v) is 4.29. The Bertz CT molecular complexity index is 498. The molecule has 0 aliphatic rings. The molecule has 1 aromatic rings. The Morgan fingerprint density at radius 3 is 2.72 bits per heavy atom. The van der Waals surface area contributed by atoms with Gasteiger partial charge in [0.25, 0.3) is 5.69 Å². The Balaban J connectivity index is 2.97. The van der Waals surface area contributed by atoms with E-state index in [1.807, 2.05) is 0 Å². The van der Waals surface area contributed by atoms with Crippen LogP contribution in [0.3, 0.4) is 0 Å². The van der Waals surface area contributed by atoms with Crippen molar-refractivity contribution >= 4 is 38.1 Å². The Kier molecular flexibility index (Phi) is 5.21. The molecule has 2 unspecified atom stereocenters. The summed E-state index contributed by atoms with van der Waals surface area (Å²) in [6.45, 7) is 2.07. The Morgan fingerprint density at radius 1 is 1.61 bits per heavy atom. The van der Waals surface area contributed by atoms with E-state index < -0.39 is 21.5 Å². The van der Waals surface area contributed by atoms with Gasteiger partial charge in [0.05, 0.1) is 15.5 Å². The second-order valence-electron chi connectivity index (χ2n) is 3.73. The van der Waals surface area contributed by atoms with Crippen LogP contribution in [0.15, 0.2) is 16.6 Å². The van der Waals surface area contributed by atoms with Gasteiger partial charge in [-0.15, -0.1) is 0 Å². The first-order valence-electron chi connectivity index (χ1n) is 5.02. The van der Waals surface area contributed by atoms with E-state index in [1.54, 1.807) is 13.2 Å². The number of halogens is 2. The van der Waals surface area contributed by atoms with Crippen LogP contribution in [0, 0.1) is 15.9 Å². The van der Waals surface area contributed by atoms with Gasteiger partial charge < -0.3 is 5.32 Å². The predicted molar refractivity (Wildman–Crippen MR) is 72.8 cm³/mol. The average Bonchev–Trinajstić information content (AvgIpc) is 2.29. The molecule has 0 aromatic heterocycles. The predicted octanol–water partition coefficient (Wildman–Crippen LogP) is 2.68. The fraction of sp³-hybridized carbons (Fsp3) is 0.400. The SMILES string of the molecule is CC(CNc1cc(Br)c(F)cc1[N+](=O)[O-])S(C)=O. The molecular formula is C10H12BrFN2O3S. The lowest BCUT2D eigenvalue weighted by molar-refractivity contribution is -0.384. The maximum atomic E-state index is 13.2. The average molecular weight is 339 g/mol. The molecule has 0 amide bonds. The molecule has 1 rings (SSSR count). The van der Waals surface area contributed by atoms with Gasteiger partial charge >= 0.3 is 0 Å². The summed E-state index contributed by atoms with van der Waals surface area (Å²) in [4.78, 5) is 10.1. The molecule has 0 saturated carbocycles. The van der Waals surface area contributed by atoms with Crippen molar-refractivity contribution in [1.82, 2.24) is 0 Å². The molecule has 0 saturated heterocycles. The second-order valence-corrected chi connectivity index (χ2v) is 6.39. The summed E-state index contributed by atoms with van der Waals surface area (Å²) < 4.78 is 24.5. The minimum Gasteiger partial charge on any atom is -0.378 e. The van der Waals surface area contributed by atoms with E-state index in [9.17, 15) is 18.7 Å². The third kappa shape index (κ3) is 3.74. The van der Waals surface area contributed by atoms with E-state index in [0.29, 0.717) is 6.54 Å². The maximum Gasteiger partial charge on any atom is 0.295 e. The molecule has 0 aliphatic carbocycles. The zero-order chi connectivity index (χ0) is 13.9. The fourth-order valence-electron chi connectivity index (χ4n) is 1.20. The molecule has 0 aliphatic heterocycles. The van der Waals surface area contributed by atoms with Crippen molar-refractivity contribution in [3.63, 3.8) is 0 Å². The van der Waals surface area contributed by atoms with Crippen molar-refractivity contribution in [2.75, 3.05) is 18.1 Å². The van der Waals surface area contributed by atoms with Crippen molar-refractivity contribution < 1.29 is 13.5 Å². The molecule has 18 heavy (non-hydrogen) atoms. The maximum absolute atomic E-state index is 13.2. The molecule has 5 nitrogen and oxygen atoms in total. The topological polar surface area (TPSA) is 72.2 Å². The lowest BCUT2D eigenvalue weighted by Gasteiger charge is -2.11. The van der Waals surface area contributed by atoms with Crippen molar-refractivity contribution in [3.8, 4) is 0 Å². The number of rotatable bonds is 5. The number of benzene rings is 1. The van der Waals surface area contributed by atoms with Crippen LogP contribution in [0.5, 0.6) is 0 Å². The minimum atomic E-state index is -1.03. The lowest BCUT2D eigenvalue weighted by atomic mass is 10.2. The first-order chi connectivity index (χ1) is 8.32. The molecule has 0 radical (unpaired) electrons. The van der Waals surface area contributed by atoms with Gasteiger partial charge in [0, 0.05) is 28.9 Å². The zero-order valence-electron chi connectivity index (χ0n) is 9.78.